The highest BCUT2D eigenvalue weighted by Crippen LogP contribution is 2.42. The number of hydrogen-bond acceptors (Lipinski definition) is 8. The van der Waals surface area contributed by atoms with Gasteiger partial charge in [0.25, 0.3) is 5.91 Å². The third-order valence-corrected chi connectivity index (χ3v) is 24.7. The Morgan fingerprint density at radius 1 is 0.545 bits per heavy atom. The van der Waals surface area contributed by atoms with Crippen molar-refractivity contribution in [1.29, 1.82) is 0 Å². The number of benzene rings is 2. The third-order valence-electron chi connectivity index (χ3n) is 15.7. The fraction of sp³-hybridized carbons (Fsp3) is 0.519. The molecule has 88 heavy (non-hydrogen) atoms. The van der Waals surface area contributed by atoms with Crippen LogP contribution in [0.3, 0.4) is 0 Å². The van der Waals surface area contributed by atoms with Gasteiger partial charge < -0.3 is 38.2 Å². The Kier molecular flexibility index (Phi) is 36.3. The number of amides is 1. The van der Waals surface area contributed by atoms with Crippen molar-refractivity contribution >= 4 is 22.5 Å². The van der Waals surface area contributed by atoms with Crippen LogP contribution < -0.4 is 5.32 Å². The fourth-order valence-corrected chi connectivity index (χ4v) is 11.5. The van der Waals surface area contributed by atoms with Gasteiger partial charge in [-0.3, -0.25) is 4.79 Å². The molecule has 1 aliphatic heterocycles. The summed E-state index contributed by atoms with van der Waals surface area (Å²) in [6.45, 7) is 28.6. The molecule has 1 saturated heterocycles. The van der Waals surface area contributed by atoms with Crippen LogP contribution in [-0.4, -0.2) is 83.7 Å². The molecular weight excluding hydrogens is 1120 g/mol. The summed E-state index contributed by atoms with van der Waals surface area (Å²) in [5, 5.41) is 13.9. The van der Waals surface area contributed by atoms with Crippen LogP contribution in [0.1, 0.15) is 157 Å². The van der Waals surface area contributed by atoms with Crippen molar-refractivity contribution in [2.24, 2.45) is 5.92 Å². The minimum Gasteiger partial charge on any atom is -0.411 e. The molecule has 2 aromatic rings. The van der Waals surface area contributed by atoms with Gasteiger partial charge in [0.2, 0.25) is 0 Å². The summed E-state index contributed by atoms with van der Waals surface area (Å²) in [6, 6.07) is 19.1. The second-order valence-electron chi connectivity index (χ2n) is 24.6. The zero-order valence-corrected chi connectivity index (χ0v) is 56.7. The van der Waals surface area contributed by atoms with Crippen LogP contribution in [0.4, 0.5) is 0 Å². The molecule has 1 aliphatic rings. The van der Waals surface area contributed by atoms with Gasteiger partial charge in [0.05, 0.1) is 50.8 Å². The van der Waals surface area contributed by atoms with Crippen LogP contribution in [-0.2, 0) is 45.8 Å². The Hall–Kier alpha value is -7.22. The number of hydrogen-bond donors (Lipinski definition) is 2. The molecule has 3 rings (SSSR count). The topological polar surface area (TPSA) is 105 Å². The van der Waals surface area contributed by atoms with E-state index < -0.39 is 65.4 Å². The molecule has 0 aliphatic carbocycles. The Labute approximate surface area is 533 Å². The van der Waals surface area contributed by atoms with Gasteiger partial charge in [-0.15, -0.1) is 0 Å². The smallest absolute Gasteiger partial charge is 0.297 e. The average Bonchev–Trinajstić information content (AvgIpc) is 3.46. The minimum atomic E-state index is -2.63. The van der Waals surface area contributed by atoms with Gasteiger partial charge in [0.15, 0.2) is 22.9 Å². The number of carbonyl (C=O) groups excluding carboxylic acids is 1. The molecule has 2 N–H and O–H groups in total. The van der Waals surface area contributed by atoms with Gasteiger partial charge >= 0.3 is 0 Å². The van der Waals surface area contributed by atoms with E-state index in [1.54, 1.807) is 6.92 Å². The van der Waals surface area contributed by atoms with E-state index in [0.717, 1.165) is 30.4 Å². The van der Waals surface area contributed by atoms with Crippen molar-refractivity contribution in [2.45, 2.75) is 238 Å². The highest BCUT2D eigenvalue weighted by molar-refractivity contribution is 6.74. The highest BCUT2D eigenvalue weighted by atomic mass is 28.4. The summed E-state index contributed by atoms with van der Waals surface area (Å²) < 4.78 is 42.2. The Morgan fingerprint density at radius 3 is 1.34 bits per heavy atom. The lowest BCUT2D eigenvalue weighted by molar-refractivity contribution is -0.307. The molecule has 2 unspecified atom stereocenters. The Balaban J connectivity index is 2.03. The molecule has 0 bridgehead atoms. The summed E-state index contributed by atoms with van der Waals surface area (Å²) in [5.74, 6) is 61.3. The van der Waals surface area contributed by atoms with Crippen molar-refractivity contribution in [3.8, 4) is 142 Å². The maximum Gasteiger partial charge on any atom is 0.297 e. The van der Waals surface area contributed by atoms with Gasteiger partial charge in [-0.1, -0.05) is 199 Å². The monoisotopic (exact) mass is 1220 g/mol. The maximum absolute atomic E-state index is 14.3. The largest absolute Gasteiger partial charge is 0.411 e. The standard InChI is InChI=1S/C77H93NO8Si2/c1-14-16-18-20-22-24-26-28-29-30-31-32-33-34-35-36-37-38-40-42-44-46-54-60-71(80)78-68(64-83-75-73(82-63-67-57-51-48-52-58-67)65(3)72(70(61-79)84-75)81-62-66-55-49-47-50-56-66)74(86-88(12,13)77(7,8)9)69(85-87(10,11)76(4,5)6)59-53-45-43-41-39-27-25-23-21-19-17-15-2/h47-52,55-58,65,68-70,72-75,79H,15,17,19,21,23,25,27,39,41,43,45,53,59,61-64H2,1-13H3,(H,78,80)/t65-,68-,69+,70?,72+,73?,74-,75-/m0/s1. The molecule has 8 atom stereocenters. The van der Waals surface area contributed by atoms with Crippen molar-refractivity contribution < 1.29 is 37.7 Å². The van der Waals surface area contributed by atoms with Crippen molar-refractivity contribution in [2.75, 3.05) is 13.2 Å². The number of unbranched alkanes of at least 4 members (excludes halogenated alkanes) is 11. The molecule has 11 heteroatoms. The molecule has 0 saturated carbocycles. The predicted molar refractivity (Wildman–Crippen MR) is 362 cm³/mol. The Bertz CT molecular complexity index is 3290. The van der Waals surface area contributed by atoms with E-state index in [1.807, 2.05) is 67.6 Å². The number of aliphatic hydroxyl groups is 1. The first-order chi connectivity index (χ1) is 42.2. The van der Waals surface area contributed by atoms with Crippen LogP contribution in [0.15, 0.2) is 60.7 Å². The molecule has 2 aromatic carbocycles. The molecule has 1 heterocycles. The number of aliphatic hydroxyl groups excluding tert-OH is 1. The van der Waals surface area contributed by atoms with Crippen LogP contribution in [0.25, 0.3) is 0 Å². The van der Waals surface area contributed by atoms with Crippen LogP contribution in [0, 0.1) is 148 Å². The van der Waals surface area contributed by atoms with Crippen LogP contribution in [0.5, 0.6) is 0 Å². The summed E-state index contributed by atoms with van der Waals surface area (Å²) in [7, 11) is -5.11. The van der Waals surface area contributed by atoms with E-state index in [4.69, 9.17) is 27.8 Å². The second kappa shape index (κ2) is 42.6. The summed E-state index contributed by atoms with van der Waals surface area (Å²) in [6.07, 6.45) is 11.4. The van der Waals surface area contributed by atoms with Crippen LogP contribution >= 0.6 is 0 Å². The first kappa shape index (κ1) is 75.0. The molecule has 1 amide bonds. The van der Waals surface area contributed by atoms with Gasteiger partial charge in [-0.2, -0.15) is 0 Å². The first-order valence-corrected chi connectivity index (χ1v) is 36.8. The summed E-state index contributed by atoms with van der Waals surface area (Å²) in [5.41, 5.74) is 1.97. The second-order valence-corrected chi connectivity index (χ2v) is 34.1. The van der Waals surface area contributed by atoms with E-state index in [1.165, 1.54) is 57.8 Å². The van der Waals surface area contributed by atoms with E-state index in [0.29, 0.717) is 13.0 Å². The number of nitrogens with one attached hydrogen (secondary N) is 1. The average molecular weight is 1220 g/mol. The van der Waals surface area contributed by atoms with Gasteiger partial charge in [-0.25, -0.2) is 0 Å². The molecule has 9 nitrogen and oxygen atoms in total. The highest BCUT2D eigenvalue weighted by Gasteiger charge is 2.49. The number of ether oxygens (including phenoxy) is 4. The van der Waals surface area contributed by atoms with Gasteiger partial charge in [0.1, 0.15) is 12.2 Å². The van der Waals surface area contributed by atoms with E-state index in [9.17, 15) is 9.90 Å². The van der Waals surface area contributed by atoms with Crippen molar-refractivity contribution in [1.82, 2.24) is 5.32 Å². The molecule has 1 fully saturated rings. The quantitative estimate of drug-likeness (QED) is 0.0453. The van der Waals surface area contributed by atoms with Crippen LogP contribution in [0.2, 0.25) is 36.3 Å². The zero-order valence-electron chi connectivity index (χ0n) is 54.7. The predicted octanol–water partition coefficient (Wildman–Crippen LogP) is 12.9. The van der Waals surface area contributed by atoms with Crippen molar-refractivity contribution in [3.63, 3.8) is 0 Å². The first-order valence-electron chi connectivity index (χ1n) is 31.0. The zero-order chi connectivity index (χ0) is 64.4. The van der Waals surface area contributed by atoms with Crippen molar-refractivity contribution in [3.05, 3.63) is 71.8 Å². The molecule has 0 aromatic heterocycles. The number of rotatable bonds is 30. The van der Waals surface area contributed by atoms with Gasteiger partial charge in [0, 0.05) is 47.4 Å². The van der Waals surface area contributed by atoms with Gasteiger partial charge in [-0.05, 0) is 155 Å². The summed E-state index contributed by atoms with van der Waals surface area (Å²) in [4.78, 5) is 14.3. The third kappa shape index (κ3) is 30.6. The SMILES string of the molecule is CC#CC#CC#CC#CC#CC#CC#CC#CC#CC#CC#CC#CC(=O)N[C@@H](CO[C@H]1OC(CO)[C@H](OCc2ccccc2)[C@H](C)C1OCc1ccccc1)[C@H](O[Si](C)(C)C(C)(C)C)[C@@H](CCCCCCCCCCCCCC)O[Si](C)(C)C(C)(C)C. The molecule has 462 valence electrons. The van der Waals surface area contributed by atoms with E-state index in [-0.39, 0.29) is 35.8 Å². The minimum absolute atomic E-state index is 0.0647. The van der Waals surface area contributed by atoms with E-state index in [2.05, 4.69) is 222 Å². The molecular formula is C77H93NO8Si2. The molecule has 0 radical (unpaired) electrons. The van der Waals surface area contributed by atoms with E-state index >= 15 is 0 Å². The molecule has 0 spiro atoms. The fourth-order valence-electron chi connectivity index (χ4n) is 8.77. The lowest BCUT2D eigenvalue weighted by atomic mass is 9.90. The maximum atomic E-state index is 14.3. The lowest BCUT2D eigenvalue weighted by Crippen LogP contribution is -2.61. The number of carbonyl (C=O) groups is 1. The Morgan fingerprint density at radius 2 is 0.932 bits per heavy atom. The normalized spacial score (nSPS) is 16.6. The lowest BCUT2D eigenvalue weighted by Gasteiger charge is -2.48. The summed E-state index contributed by atoms with van der Waals surface area (Å²) >= 11 is 0.